The minimum atomic E-state index is -0.498. The van der Waals surface area contributed by atoms with Crippen molar-refractivity contribution in [3.8, 4) is 0 Å². The molecule has 0 aliphatic heterocycles. The first kappa shape index (κ1) is 12.7. The van der Waals surface area contributed by atoms with E-state index in [1.807, 2.05) is 18.4 Å². The molecule has 2 aromatic rings. The molecule has 0 spiro atoms. The van der Waals surface area contributed by atoms with E-state index in [-0.39, 0.29) is 0 Å². The van der Waals surface area contributed by atoms with E-state index in [0.717, 1.165) is 23.8 Å². The first-order valence-corrected chi connectivity index (χ1v) is 7.88. The summed E-state index contributed by atoms with van der Waals surface area (Å²) in [5, 5.41) is 13.1. The van der Waals surface area contributed by atoms with Gasteiger partial charge in [0.1, 0.15) is 0 Å². The van der Waals surface area contributed by atoms with E-state index >= 15 is 0 Å². The lowest BCUT2D eigenvalue weighted by molar-refractivity contribution is 0.178. The van der Waals surface area contributed by atoms with Gasteiger partial charge in [-0.25, -0.2) is 4.98 Å². The summed E-state index contributed by atoms with van der Waals surface area (Å²) in [6, 6.07) is 1.94. The van der Waals surface area contributed by atoms with Gasteiger partial charge in [-0.05, 0) is 44.8 Å². The van der Waals surface area contributed by atoms with Crippen LogP contribution in [0.3, 0.4) is 0 Å². The Kier molecular flexibility index (Phi) is 4.18. The molecule has 6 heteroatoms. The number of aliphatic hydroxyl groups is 1. The van der Waals surface area contributed by atoms with Crippen LogP contribution < -0.4 is 0 Å². The highest BCUT2D eigenvalue weighted by molar-refractivity contribution is 9.12. The normalized spacial score (nSPS) is 13.0. The fraction of sp³-hybridized carbons (Fsp3) is 0.300. The molecule has 1 N–H and O–H groups in total. The summed E-state index contributed by atoms with van der Waals surface area (Å²) in [6.45, 7) is 1.96. The first-order chi connectivity index (χ1) is 7.56. The SMILES string of the molecule is Cc1csc(CC(O)c2cc(Br)sc2Br)n1. The van der Waals surface area contributed by atoms with Gasteiger partial charge in [0, 0.05) is 23.1 Å². The number of thiazole rings is 1. The molecule has 0 bridgehead atoms. The average Bonchev–Trinajstić information content (AvgIpc) is 2.73. The molecule has 2 nitrogen and oxygen atoms in total. The lowest BCUT2D eigenvalue weighted by Crippen LogP contribution is -2.00. The second-order valence-corrected chi connectivity index (χ2v) is 8.07. The molecular formula is C10H9Br2NOS2. The lowest BCUT2D eigenvalue weighted by atomic mass is 10.1. The molecule has 0 saturated heterocycles. The lowest BCUT2D eigenvalue weighted by Gasteiger charge is -2.07. The molecule has 0 aliphatic rings. The van der Waals surface area contributed by atoms with Crippen molar-refractivity contribution in [1.29, 1.82) is 0 Å². The Morgan fingerprint density at radius 3 is 2.75 bits per heavy atom. The number of hydrogen-bond acceptors (Lipinski definition) is 4. The average molecular weight is 383 g/mol. The van der Waals surface area contributed by atoms with E-state index in [0.29, 0.717) is 6.42 Å². The number of nitrogens with zero attached hydrogens (tertiary/aromatic N) is 1. The predicted molar refractivity (Wildman–Crippen MR) is 75.2 cm³/mol. The van der Waals surface area contributed by atoms with Crippen LogP contribution in [0.4, 0.5) is 0 Å². The van der Waals surface area contributed by atoms with Crippen LogP contribution in [-0.4, -0.2) is 10.1 Å². The van der Waals surface area contributed by atoms with Gasteiger partial charge in [0.2, 0.25) is 0 Å². The maximum Gasteiger partial charge on any atom is 0.0957 e. The third-order valence-corrected chi connectivity index (χ3v) is 5.45. The molecule has 2 heterocycles. The molecular weight excluding hydrogens is 374 g/mol. The third-order valence-electron chi connectivity index (χ3n) is 2.08. The summed E-state index contributed by atoms with van der Waals surface area (Å²) < 4.78 is 1.99. The monoisotopic (exact) mass is 381 g/mol. The molecule has 0 aliphatic carbocycles. The molecule has 86 valence electrons. The summed E-state index contributed by atoms with van der Waals surface area (Å²) in [5.74, 6) is 0. The van der Waals surface area contributed by atoms with Gasteiger partial charge in [-0.3, -0.25) is 0 Å². The van der Waals surface area contributed by atoms with Gasteiger partial charge in [0.05, 0.1) is 18.7 Å². The fourth-order valence-electron chi connectivity index (χ4n) is 1.35. The topological polar surface area (TPSA) is 33.1 Å². The van der Waals surface area contributed by atoms with E-state index in [2.05, 4.69) is 36.8 Å². The Morgan fingerprint density at radius 1 is 1.50 bits per heavy atom. The van der Waals surface area contributed by atoms with Crippen molar-refractivity contribution in [2.24, 2.45) is 0 Å². The Morgan fingerprint density at radius 2 is 2.25 bits per heavy atom. The van der Waals surface area contributed by atoms with E-state index in [9.17, 15) is 5.11 Å². The van der Waals surface area contributed by atoms with Crippen LogP contribution in [0.2, 0.25) is 0 Å². The van der Waals surface area contributed by atoms with Crippen LogP contribution in [0.25, 0.3) is 0 Å². The van der Waals surface area contributed by atoms with Crippen LogP contribution in [0.1, 0.15) is 22.4 Å². The molecule has 0 amide bonds. The van der Waals surface area contributed by atoms with Crippen molar-refractivity contribution >= 4 is 54.5 Å². The fourth-order valence-corrected chi connectivity index (χ4v) is 5.12. The minimum Gasteiger partial charge on any atom is -0.388 e. The van der Waals surface area contributed by atoms with Crippen molar-refractivity contribution in [3.05, 3.63) is 35.3 Å². The van der Waals surface area contributed by atoms with Crippen LogP contribution in [-0.2, 0) is 6.42 Å². The zero-order valence-electron chi connectivity index (χ0n) is 8.41. The third kappa shape index (κ3) is 2.92. The zero-order chi connectivity index (χ0) is 11.7. The van der Waals surface area contributed by atoms with Crippen LogP contribution in [0, 0.1) is 6.92 Å². The zero-order valence-corrected chi connectivity index (χ0v) is 13.2. The highest BCUT2D eigenvalue weighted by atomic mass is 79.9. The Bertz CT molecular complexity index is 495. The van der Waals surface area contributed by atoms with Crippen molar-refractivity contribution in [2.45, 2.75) is 19.4 Å². The molecule has 0 radical (unpaired) electrons. The van der Waals surface area contributed by atoms with Crippen LogP contribution in [0.5, 0.6) is 0 Å². The Hall–Kier alpha value is 0.250. The van der Waals surface area contributed by atoms with E-state index < -0.39 is 6.10 Å². The van der Waals surface area contributed by atoms with Gasteiger partial charge < -0.3 is 5.11 Å². The van der Waals surface area contributed by atoms with Crippen LogP contribution >= 0.6 is 54.5 Å². The van der Waals surface area contributed by atoms with E-state index in [4.69, 9.17) is 0 Å². The summed E-state index contributed by atoms with van der Waals surface area (Å²) in [6.07, 6.45) is 0.0720. The number of hydrogen-bond donors (Lipinski definition) is 1. The van der Waals surface area contributed by atoms with E-state index in [1.54, 1.807) is 22.7 Å². The molecule has 0 aromatic carbocycles. The standard InChI is InChI=1S/C10H9Br2NOS2/c1-5-4-15-9(13-5)3-7(14)6-2-8(11)16-10(6)12/h2,4,7,14H,3H2,1H3. The van der Waals surface area contributed by atoms with Crippen molar-refractivity contribution in [3.63, 3.8) is 0 Å². The van der Waals surface area contributed by atoms with Crippen molar-refractivity contribution in [1.82, 2.24) is 4.98 Å². The molecule has 0 saturated carbocycles. The van der Waals surface area contributed by atoms with Gasteiger partial charge in [-0.1, -0.05) is 0 Å². The molecule has 1 atom stereocenters. The molecule has 16 heavy (non-hydrogen) atoms. The summed E-state index contributed by atoms with van der Waals surface area (Å²) in [7, 11) is 0. The Labute approximate surface area is 119 Å². The van der Waals surface area contributed by atoms with Crippen LogP contribution in [0.15, 0.2) is 19.0 Å². The number of aliphatic hydroxyl groups excluding tert-OH is 1. The summed E-state index contributed by atoms with van der Waals surface area (Å²) in [4.78, 5) is 4.35. The largest absolute Gasteiger partial charge is 0.388 e. The Balaban J connectivity index is 2.14. The molecule has 2 aromatic heterocycles. The second-order valence-electron chi connectivity index (χ2n) is 3.38. The number of rotatable bonds is 3. The van der Waals surface area contributed by atoms with E-state index in [1.165, 1.54) is 0 Å². The predicted octanol–water partition coefficient (Wildman–Crippen LogP) is 4.31. The number of aromatic nitrogens is 1. The quantitative estimate of drug-likeness (QED) is 0.857. The molecule has 0 fully saturated rings. The highest BCUT2D eigenvalue weighted by Crippen LogP contribution is 2.36. The number of halogens is 2. The maximum atomic E-state index is 10.1. The second kappa shape index (κ2) is 5.27. The number of aryl methyl sites for hydroxylation is 1. The summed E-state index contributed by atoms with van der Waals surface area (Å²) >= 11 is 10.0. The van der Waals surface area contributed by atoms with Crippen molar-refractivity contribution in [2.75, 3.05) is 0 Å². The van der Waals surface area contributed by atoms with Gasteiger partial charge in [-0.2, -0.15) is 0 Å². The van der Waals surface area contributed by atoms with Gasteiger partial charge >= 0.3 is 0 Å². The summed E-state index contributed by atoms with van der Waals surface area (Å²) in [5.41, 5.74) is 1.93. The molecule has 1 unspecified atom stereocenters. The first-order valence-electron chi connectivity index (χ1n) is 4.60. The minimum absolute atomic E-state index is 0.498. The van der Waals surface area contributed by atoms with Gasteiger partial charge in [0.25, 0.3) is 0 Å². The number of thiophene rings is 1. The van der Waals surface area contributed by atoms with Crippen molar-refractivity contribution < 1.29 is 5.11 Å². The smallest absolute Gasteiger partial charge is 0.0957 e. The highest BCUT2D eigenvalue weighted by Gasteiger charge is 2.16. The van der Waals surface area contributed by atoms with Gasteiger partial charge in [0.15, 0.2) is 0 Å². The van der Waals surface area contributed by atoms with Gasteiger partial charge in [-0.15, -0.1) is 22.7 Å². The maximum absolute atomic E-state index is 10.1. The molecule has 2 rings (SSSR count).